The van der Waals surface area contributed by atoms with E-state index in [1.165, 1.54) is 77.4 Å². The number of aromatic nitrogens is 3. The number of likely N-dealkylation sites (N-methyl/N-ethyl adjacent to an activating group) is 1. The Morgan fingerprint density at radius 1 is 0.932 bits per heavy atom. The molecule has 22 nitrogen and oxygen atoms in total. The number of nitrogen functional groups attached to an aromatic ring is 1. The zero-order valence-electron chi connectivity index (χ0n) is 51.8. The lowest BCUT2D eigenvalue weighted by molar-refractivity contribution is -0.438. The number of nitrogens with two attached hydrogens (primary N) is 1. The van der Waals surface area contributed by atoms with Gasteiger partial charge >= 0.3 is 23.5 Å². The number of carbonyl (C=O) groups is 1. The van der Waals surface area contributed by atoms with Gasteiger partial charge in [-0.05, 0) is 85.1 Å². The van der Waals surface area contributed by atoms with E-state index in [0.717, 1.165) is 32.4 Å². The molecule has 0 bridgehead atoms. The van der Waals surface area contributed by atoms with Crippen LogP contribution < -0.4 is 21.5 Å². The molecule has 1 saturated heterocycles. The van der Waals surface area contributed by atoms with Gasteiger partial charge in [0.2, 0.25) is 17.5 Å². The first-order chi connectivity index (χ1) is 41.1. The van der Waals surface area contributed by atoms with Crippen LogP contribution in [0.1, 0.15) is 135 Å². The molecule has 8 N–H and O–H groups in total. The van der Waals surface area contributed by atoms with Crippen molar-refractivity contribution in [2.45, 2.75) is 154 Å². The number of fused-ring (bicyclic) bond motifs is 3. The van der Waals surface area contributed by atoms with Gasteiger partial charge in [-0.15, -0.1) is 0 Å². The molecular weight excluding hydrogens is 1270 g/mol. The summed E-state index contributed by atoms with van der Waals surface area (Å²) in [4.78, 5) is 73.4. The van der Waals surface area contributed by atoms with E-state index in [-0.39, 0.29) is 73.7 Å². The number of aromatic amines is 1. The Bertz CT molecular complexity index is 3600. The molecule has 482 valence electrons. The van der Waals surface area contributed by atoms with Gasteiger partial charge in [-0.25, -0.2) is 13.7 Å². The molecule has 2 aromatic heterocycles. The van der Waals surface area contributed by atoms with Gasteiger partial charge in [-0.1, -0.05) is 137 Å². The Labute approximate surface area is 531 Å². The number of carbonyl (C=O) groups excluding carboxylic acids is 1. The Hall–Kier alpha value is -3.93. The number of anilines is 2. The quantitative estimate of drug-likeness (QED) is 0.00505. The average Bonchev–Trinajstić information content (AvgIpc) is 1.72. The van der Waals surface area contributed by atoms with Crippen molar-refractivity contribution in [3.05, 3.63) is 117 Å². The second-order valence-electron chi connectivity index (χ2n) is 24.2. The maximum atomic E-state index is 13.3. The monoisotopic (exact) mass is 1350 g/mol. The second-order valence-corrected chi connectivity index (χ2v) is 34.6. The van der Waals surface area contributed by atoms with Crippen molar-refractivity contribution in [3.63, 3.8) is 0 Å². The number of amides is 1. The van der Waals surface area contributed by atoms with E-state index in [2.05, 4.69) is 160 Å². The number of phosphoric ester groups is 1. The van der Waals surface area contributed by atoms with Crippen LogP contribution in [-0.4, -0.2) is 117 Å². The summed E-state index contributed by atoms with van der Waals surface area (Å²) >= 11 is 0. The summed E-state index contributed by atoms with van der Waals surface area (Å²) < 4.78 is 70.1. The number of hydrogen-bond acceptors (Lipinski definition) is 18. The van der Waals surface area contributed by atoms with Gasteiger partial charge in [-0.3, -0.25) is 19.1 Å². The molecule has 2 unspecified atom stereocenters. The number of allylic oxidation sites excluding steroid dienone is 6. The first-order valence-electron chi connectivity index (χ1n) is 28.7. The number of phosphoric acid groups is 3. The van der Waals surface area contributed by atoms with Crippen LogP contribution in [-0.2, 0) is 56.7 Å². The van der Waals surface area contributed by atoms with Crippen molar-refractivity contribution < 1.29 is 70.0 Å². The second kappa shape index (κ2) is 29.8. The number of rotatable bonds is 29. The molecule has 7 rings (SSSR count). The lowest BCUT2D eigenvalue weighted by Gasteiger charge is -2.25. The zero-order valence-corrected chi connectivity index (χ0v) is 57.7. The van der Waals surface area contributed by atoms with Crippen molar-refractivity contribution in [1.82, 2.24) is 19.9 Å². The normalized spacial score (nSPS) is 20.2. The van der Waals surface area contributed by atoms with E-state index in [1.807, 2.05) is 34.6 Å². The zero-order chi connectivity index (χ0) is 64.6. The molecule has 1 amide bonds. The van der Waals surface area contributed by atoms with Crippen LogP contribution in [0.4, 0.5) is 17.3 Å². The van der Waals surface area contributed by atoms with Crippen LogP contribution in [0.5, 0.6) is 0 Å². The van der Waals surface area contributed by atoms with Gasteiger partial charge in [0, 0.05) is 82.5 Å². The molecule has 0 saturated carbocycles. The fraction of sp³-hybridized carbons (Fsp3) is 0.525. The highest BCUT2D eigenvalue weighted by molar-refractivity contribution is 8.77. The lowest BCUT2D eigenvalue weighted by atomic mass is 9.81. The maximum absolute atomic E-state index is 13.3. The topological polar surface area (TPSA) is 300 Å². The smallest absolute Gasteiger partial charge is 0.369 e. The highest BCUT2D eigenvalue weighted by atomic mass is 33.1. The molecule has 0 radical (unpaired) electrons. The van der Waals surface area contributed by atoms with Crippen LogP contribution >= 0.6 is 66.6 Å². The fourth-order valence-electron chi connectivity index (χ4n) is 10.6. The molecule has 29 heteroatoms. The maximum Gasteiger partial charge on any atom is 0.490 e. The van der Waals surface area contributed by atoms with Crippen molar-refractivity contribution in [2.24, 2.45) is 0 Å². The van der Waals surface area contributed by atoms with Gasteiger partial charge in [-0.2, -0.15) is 18.2 Å². The number of unbranched alkanes of at least 4 members (excludes halogenated alkanes) is 2. The van der Waals surface area contributed by atoms with Crippen LogP contribution in [0.2, 0.25) is 0 Å². The summed E-state index contributed by atoms with van der Waals surface area (Å²) in [5, 5.41) is 3.22. The van der Waals surface area contributed by atoms with Gasteiger partial charge in [0.05, 0.1) is 29.1 Å². The standard InChI is InChI=1S/C59H82N7O15P3S4/c1-13-64-44-27-25-39(2)31-42(44)58(9,10)48(64)22-16-14-17-23-49-59(11,12)43-32-40(3)26-28-45(43)65(49)29-19-15-18-24-50(67)61-36-57(7,8)88-85-37-76-30-20-21-41-34-66(53-52(41)54(68)63-55(60)62-53)51-33-46(77-38-86-87-56(4,5)6)47(79-51)35-78-83(72,73)81-84(74,75)80-82(69,70)71/h14,16-17,22-23,25-28,31-32,34,46-47,51H,13,15,18-19,24,29-30,33,35-38H2,1-12H3,(H7-,60,61,62,63,67,68,69,70,71,72,73,74,75)/p+1/t46-,47-,51-/m1/s1. The number of nitrogens with zero attached hydrogens (tertiary/aromatic N) is 4. The number of ether oxygens (including phenoxy) is 3. The summed E-state index contributed by atoms with van der Waals surface area (Å²) in [6.45, 7) is 27.3. The van der Waals surface area contributed by atoms with Crippen molar-refractivity contribution in [3.8, 4) is 11.8 Å². The van der Waals surface area contributed by atoms with E-state index in [1.54, 1.807) is 21.6 Å². The predicted molar refractivity (Wildman–Crippen MR) is 354 cm³/mol. The Morgan fingerprint density at radius 2 is 1.64 bits per heavy atom. The SMILES string of the molecule is CCN1\C(=C/C=C/C=C/C2=[N+](CCCCCC(=O)NCC(C)(C)SSCOCC#Cc3cn([C@H]4C[C@@H](OCSSC(C)(C)C)[C@@H](COP(=O)(O)OP(=O)(O)OP(=O)(O)O)O4)c4nc(N)[nH]c(=O)c34)c3ccc(C)cc3C2(C)C)C(C)(C)c2cc(C)ccc21. The molecule has 0 spiro atoms. The minimum absolute atomic E-state index is 0.00114. The van der Waals surface area contributed by atoms with Crippen molar-refractivity contribution in [2.75, 3.05) is 55.4 Å². The van der Waals surface area contributed by atoms with Gasteiger partial charge in [0.1, 0.15) is 37.4 Å². The summed E-state index contributed by atoms with van der Waals surface area (Å²) in [6.07, 6.45) is 12.7. The Balaban J connectivity index is 0.879. The molecule has 2 aromatic carbocycles. The third-order valence-electron chi connectivity index (χ3n) is 14.6. The van der Waals surface area contributed by atoms with Crippen LogP contribution in [0.25, 0.3) is 11.0 Å². The molecule has 1 fully saturated rings. The summed E-state index contributed by atoms with van der Waals surface area (Å²) in [5.74, 6) is 6.14. The van der Waals surface area contributed by atoms with Gasteiger partial charge in [0.15, 0.2) is 11.4 Å². The van der Waals surface area contributed by atoms with Crippen LogP contribution in [0, 0.1) is 25.7 Å². The van der Waals surface area contributed by atoms with Gasteiger partial charge < -0.3 is 54.3 Å². The van der Waals surface area contributed by atoms with E-state index in [0.29, 0.717) is 13.0 Å². The van der Waals surface area contributed by atoms with E-state index < -0.39 is 54.1 Å². The van der Waals surface area contributed by atoms with Crippen LogP contribution in [0.15, 0.2) is 83.5 Å². The largest absolute Gasteiger partial charge is 0.490 e. The lowest BCUT2D eigenvalue weighted by Crippen LogP contribution is -2.35. The number of benzene rings is 2. The van der Waals surface area contributed by atoms with Crippen molar-refractivity contribution in [1.29, 1.82) is 0 Å². The van der Waals surface area contributed by atoms with Gasteiger partial charge in [0.25, 0.3) is 5.56 Å². The van der Waals surface area contributed by atoms with E-state index >= 15 is 0 Å². The molecule has 0 aliphatic carbocycles. The molecule has 3 aliphatic rings. The minimum atomic E-state index is -5.78. The summed E-state index contributed by atoms with van der Waals surface area (Å²) in [7, 11) is -10.9. The predicted octanol–water partition coefficient (Wildman–Crippen LogP) is 12.1. The Kier molecular flexibility index (Phi) is 24.2. The number of aryl methyl sites for hydroxylation is 2. The highest BCUT2D eigenvalue weighted by Crippen LogP contribution is 2.66. The first-order valence-corrected chi connectivity index (χ1v) is 37.9. The van der Waals surface area contributed by atoms with Crippen LogP contribution in [0.3, 0.4) is 0 Å². The summed E-state index contributed by atoms with van der Waals surface area (Å²) in [6, 6.07) is 13.5. The first kappa shape index (κ1) is 71.5. The molecule has 5 heterocycles. The summed E-state index contributed by atoms with van der Waals surface area (Å²) in [5.41, 5.74) is 15.7. The number of hydrogen-bond donors (Lipinski definition) is 7. The van der Waals surface area contributed by atoms with E-state index in [9.17, 15) is 33.1 Å². The molecule has 5 atom stereocenters. The molecule has 88 heavy (non-hydrogen) atoms. The van der Waals surface area contributed by atoms with E-state index in [4.69, 9.17) is 34.3 Å². The molecule has 3 aliphatic heterocycles. The third-order valence-corrected chi connectivity index (χ3v) is 24.4. The molecular formula is C59H83N7O15P3S4+. The average molecular weight is 1350 g/mol. The van der Waals surface area contributed by atoms with Crippen molar-refractivity contribution >= 4 is 107 Å². The minimum Gasteiger partial charge on any atom is -0.369 e. The Morgan fingerprint density at radius 3 is 2.34 bits per heavy atom. The highest BCUT2D eigenvalue weighted by Gasteiger charge is 2.46. The molecule has 4 aromatic rings. The fourth-order valence-corrected chi connectivity index (χ4v) is 17.8. The number of nitrogens with one attached hydrogen (secondary N) is 2. The third kappa shape index (κ3) is 19.3. The number of H-pyrrole nitrogens is 1.